The lowest BCUT2D eigenvalue weighted by Crippen LogP contribution is -2.26. The van der Waals surface area contributed by atoms with E-state index in [4.69, 9.17) is 4.52 Å². The van der Waals surface area contributed by atoms with Crippen LogP contribution in [-0.2, 0) is 6.42 Å². The average molecular weight is 366 g/mol. The van der Waals surface area contributed by atoms with Crippen LogP contribution in [0.1, 0.15) is 24.1 Å². The van der Waals surface area contributed by atoms with Gasteiger partial charge >= 0.3 is 0 Å². The molecule has 27 heavy (non-hydrogen) atoms. The topological polar surface area (TPSA) is 62.5 Å². The van der Waals surface area contributed by atoms with Crippen molar-refractivity contribution in [2.45, 2.75) is 19.3 Å². The van der Waals surface area contributed by atoms with Crippen molar-refractivity contribution in [3.63, 3.8) is 0 Å². The predicted octanol–water partition coefficient (Wildman–Crippen LogP) is 4.44. The minimum atomic E-state index is -0.211. The van der Waals surface area contributed by atoms with E-state index in [-0.39, 0.29) is 11.7 Å². The van der Waals surface area contributed by atoms with Crippen molar-refractivity contribution in [2.24, 2.45) is 4.99 Å². The average Bonchev–Trinajstić information content (AvgIpc) is 3.13. The predicted molar refractivity (Wildman–Crippen MR) is 106 cm³/mol. The minimum absolute atomic E-state index is 0.211. The van der Waals surface area contributed by atoms with Gasteiger partial charge in [-0.05, 0) is 29.5 Å². The fourth-order valence-electron chi connectivity index (χ4n) is 2.93. The monoisotopic (exact) mass is 366 g/mol. The number of hydrogen-bond acceptors (Lipinski definition) is 3. The summed E-state index contributed by atoms with van der Waals surface area (Å²) in [6.45, 7) is 2.13. The van der Waals surface area contributed by atoms with E-state index in [0.29, 0.717) is 17.4 Å². The van der Waals surface area contributed by atoms with E-state index in [0.717, 1.165) is 17.7 Å². The van der Waals surface area contributed by atoms with Gasteiger partial charge in [-0.3, -0.25) is 10.3 Å². The van der Waals surface area contributed by atoms with Crippen LogP contribution in [0.4, 0.5) is 10.3 Å². The molecule has 6 heteroatoms. The normalized spacial score (nSPS) is 12.7. The summed E-state index contributed by atoms with van der Waals surface area (Å²) in [4.78, 5) is 4.04. The second-order valence-corrected chi connectivity index (χ2v) is 6.34. The van der Waals surface area contributed by atoms with Crippen molar-refractivity contribution in [3.8, 4) is 11.1 Å². The van der Waals surface area contributed by atoms with Gasteiger partial charge in [0.25, 0.3) is 0 Å². The van der Waals surface area contributed by atoms with Crippen LogP contribution in [-0.4, -0.2) is 25.2 Å². The first-order chi connectivity index (χ1) is 13.1. The second kappa shape index (κ2) is 8.49. The summed E-state index contributed by atoms with van der Waals surface area (Å²) in [6.07, 6.45) is 0.738. The van der Waals surface area contributed by atoms with Gasteiger partial charge in [-0.15, -0.1) is 0 Å². The molecule has 2 N–H and O–H groups in total. The highest BCUT2D eigenvalue weighted by atomic mass is 19.1. The molecular weight excluding hydrogens is 343 g/mol. The number of hydrogen-bond donors (Lipinski definition) is 2. The van der Waals surface area contributed by atoms with E-state index >= 15 is 0 Å². The summed E-state index contributed by atoms with van der Waals surface area (Å²) in [5.74, 6) is 1.19. The lowest BCUT2D eigenvalue weighted by molar-refractivity contribution is 0.424. The van der Waals surface area contributed by atoms with Crippen molar-refractivity contribution in [1.29, 1.82) is 0 Å². The second-order valence-electron chi connectivity index (χ2n) is 6.34. The number of nitrogens with zero attached hydrogens (tertiary/aromatic N) is 2. The highest BCUT2D eigenvalue weighted by Gasteiger charge is 2.12. The van der Waals surface area contributed by atoms with Crippen LogP contribution in [0.2, 0.25) is 0 Å². The Morgan fingerprint density at radius 2 is 1.93 bits per heavy atom. The molecule has 1 atom stereocenters. The minimum Gasteiger partial charge on any atom is -0.359 e. The summed E-state index contributed by atoms with van der Waals surface area (Å²) in [5, 5.41) is 10.1. The lowest BCUT2D eigenvalue weighted by atomic mass is 9.94. The number of anilines is 1. The number of benzene rings is 2. The molecule has 0 spiro atoms. The van der Waals surface area contributed by atoms with Crippen LogP contribution < -0.4 is 10.6 Å². The number of halogens is 1. The van der Waals surface area contributed by atoms with E-state index in [1.165, 1.54) is 11.6 Å². The molecule has 2 aromatic carbocycles. The first-order valence-corrected chi connectivity index (χ1v) is 8.82. The number of aromatic nitrogens is 1. The molecule has 5 nitrogen and oxygen atoms in total. The first kappa shape index (κ1) is 18.6. The van der Waals surface area contributed by atoms with E-state index in [9.17, 15) is 4.39 Å². The largest absolute Gasteiger partial charge is 0.359 e. The van der Waals surface area contributed by atoms with Gasteiger partial charge in [0.15, 0.2) is 5.96 Å². The smallest absolute Gasteiger partial charge is 0.231 e. The highest BCUT2D eigenvalue weighted by Crippen LogP contribution is 2.26. The van der Waals surface area contributed by atoms with Gasteiger partial charge in [0.2, 0.25) is 5.88 Å². The van der Waals surface area contributed by atoms with Crippen molar-refractivity contribution in [2.75, 3.05) is 19.4 Å². The fourth-order valence-corrected chi connectivity index (χ4v) is 2.93. The molecule has 0 aliphatic heterocycles. The van der Waals surface area contributed by atoms with Gasteiger partial charge in [0, 0.05) is 25.7 Å². The Hall–Kier alpha value is -3.15. The van der Waals surface area contributed by atoms with E-state index in [1.807, 2.05) is 36.4 Å². The third kappa shape index (κ3) is 4.53. The molecular formula is C21H23FN4O. The summed E-state index contributed by atoms with van der Waals surface area (Å²) in [7, 11) is 3.46. The lowest BCUT2D eigenvalue weighted by Gasteiger charge is -2.11. The Morgan fingerprint density at radius 3 is 2.59 bits per heavy atom. The maximum Gasteiger partial charge on any atom is 0.231 e. The highest BCUT2D eigenvalue weighted by molar-refractivity contribution is 5.92. The van der Waals surface area contributed by atoms with Crippen molar-refractivity contribution >= 4 is 11.8 Å². The molecule has 0 amide bonds. The third-order valence-corrected chi connectivity index (χ3v) is 4.44. The zero-order valence-corrected chi connectivity index (χ0v) is 15.7. The maximum atomic E-state index is 13.9. The molecule has 0 aliphatic carbocycles. The standard InChI is InChI=1S/C21H23FN4O/c1-14(12-17-13-20(27-26-17)25-21(23-2)24-3)15-8-10-16(11-9-15)18-6-4-5-7-19(18)22/h4-11,13-14H,12H2,1-3H3,(H2,23,24,25). The van der Waals surface area contributed by atoms with Crippen LogP contribution in [0.15, 0.2) is 64.1 Å². The third-order valence-electron chi connectivity index (χ3n) is 4.44. The fraction of sp³-hybridized carbons (Fsp3) is 0.238. The SMILES string of the molecule is CN=C(NC)Nc1cc(CC(C)c2ccc(-c3ccccc3F)cc2)no1. The van der Waals surface area contributed by atoms with Crippen LogP contribution in [0, 0.1) is 5.82 Å². The maximum absolute atomic E-state index is 13.9. The van der Waals surface area contributed by atoms with Crippen LogP contribution in [0.5, 0.6) is 0 Å². The van der Waals surface area contributed by atoms with Gasteiger partial charge < -0.3 is 9.84 Å². The molecule has 0 fully saturated rings. The zero-order chi connectivity index (χ0) is 19.2. The van der Waals surface area contributed by atoms with Crippen molar-refractivity contribution in [3.05, 3.63) is 71.7 Å². The summed E-state index contributed by atoms with van der Waals surface area (Å²) >= 11 is 0. The van der Waals surface area contributed by atoms with Crippen LogP contribution >= 0.6 is 0 Å². The molecule has 0 saturated heterocycles. The van der Waals surface area contributed by atoms with Gasteiger partial charge in [-0.1, -0.05) is 54.5 Å². The van der Waals surface area contributed by atoms with E-state index in [2.05, 4.69) is 27.7 Å². The summed E-state index contributed by atoms with van der Waals surface area (Å²) < 4.78 is 19.2. The molecule has 3 aromatic rings. The van der Waals surface area contributed by atoms with Gasteiger partial charge in [0.05, 0.1) is 5.69 Å². The Balaban J connectivity index is 1.67. The summed E-state index contributed by atoms with van der Waals surface area (Å²) in [5.41, 5.74) is 3.51. The van der Waals surface area contributed by atoms with Gasteiger partial charge in [-0.2, -0.15) is 0 Å². The van der Waals surface area contributed by atoms with Crippen molar-refractivity contribution in [1.82, 2.24) is 10.5 Å². The van der Waals surface area contributed by atoms with E-state index in [1.54, 1.807) is 26.2 Å². The quantitative estimate of drug-likeness (QED) is 0.517. The molecule has 1 heterocycles. The molecule has 0 bridgehead atoms. The van der Waals surface area contributed by atoms with Crippen molar-refractivity contribution < 1.29 is 8.91 Å². The molecule has 0 aliphatic rings. The first-order valence-electron chi connectivity index (χ1n) is 8.82. The number of nitrogens with one attached hydrogen (secondary N) is 2. The summed E-state index contributed by atoms with van der Waals surface area (Å²) in [6, 6.07) is 16.7. The molecule has 0 saturated carbocycles. The van der Waals surface area contributed by atoms with Crippen LogP contribution in [0.3, 0.4) is 0 Å². The van der Waals surface area contributed by atoms with E-state index < -0.39 is 0 Å². The number of aliphatic imine (C=N–C) groups is 1. The Bertz CT molecular complexity index is 918. The zero-order valence-electron chi connectivity index (χ0n) is 15.7. The number of rotatable bonds is 5. The molecule has 1 unspecified atom stereocenters. The number of guanidine groups is 1. The van der Waals surface area contributed by atoms with Gasteiger partial charge in [-0.25, -0.2) is 4.39 Å². The Morgan fingerprint density at radius 1 is 1.19 bits per heavy atom. The molecule has 0 radical (unpaired) electrons. The Labute approximate surface area is 158 Å². The molecule has 140 valence electrons. The molecule has 1 aromatic heterocycles. The van der Waals surface area contributed by atoms with Gasteiger partial charge in [0.1, 0.15) is 5.82 Å². The Kier molecular flexibility index (Phi) is 5.86. The molecule has 3 rings (SSSR count). The van der Waals surface area contributed by atoms with Crippen LogP contribution in [0.25, 0.3) is 11.1 Å².